The van der Waals surface area contributed by atoms with Crippen LogP contribution in [0.4, 0.5) is 23.2 Å². The topological polar surface area (TPSA) is 70.1 Å². The normalized spacial score (nSPS) is 23.8. The van der Waals surface area contributed by atoms with Crippen molar-refractivity contribution >= 4 is 11.6 Å². The minimum Gasteiger partial charge on any atom is -0.371 e. The van der Waals surface area contributed by atoms with E-state index in [1.807, 2.05) is 0 Å². The lowest BCUT2D eigenvalue weighted by Gasteiger charge is -2.30. The first kappa shape index (κ1) is 28.3. The summed E-state index contributed by atoms with van der Waals surface area (Å²) in [6.45, 7) is 7.59. The number of rotatable bonds is 8. The lowest BCUT2D eigenvalue weighted by atomic mass is 10.1. The molecule has 2 unspecified atom stereocenters. The third-order valence-electron chi connectivity index (χ3n) is 7.87. The van der Waals surface area contributed by atoms with Crippen molar-refractivity contribution in [1.29, 1.82) is 0 Å². The number of pyridine rings is 1. The first-order valence-corrected chi connectivity index (χ1v) is 13.4. The molecule has 3 atom stereocenters. The number of ether oxygens (including phenoxy) is 1. The maximum absolute atomic E-state index is 13.3. The number of carbonyl (C=O) groups is 1. The summed E-state index contributed by atoms with van der Waals surface area (Å²) in [6.07, 6.45) is -2.26. The van der Waals surface area contributed by atoms with Gasteiger partial charge in [-0.1, -0.05) is 6.08 Å². The summed E-state index contributed by atoms with van der Waals surface area (Å²) in [5, 5.41) is 3.07. The van der Waals surface area contributed by atoms with Crippen LogP contribution in [0.3, 0.4) is 0 Å². The minimum absolute atomic E-state index is 0.00309. The van der Waals surface area contributed by atoms with E-state index >= 15 is 0 Å². The molecule has 1 amide bonds. The number of anilines is 1. The van der Waals surface area contributed by atoms with Crippen LogP contribution in [0.1, 0.15) is 17.7 Å². The fourth-order valence-corrected chi connectivity index (χ4v) is 5.87. The van der Waals surface area contributed by atoms with E-state index in [1.54, 1.807) is 23.1 Å². The summed E-state index contributed by atoms with van der Waals surface area (Å²) < 4.78 is 60.2. The molecule has 2 aromatic rings. The molecule has 0 bridgehead atoms. The predicted octanol–water partition coefficient (Wildman–Crippen LogP) is 2.47. The van der Waals surface area contributed by atoms with Gasteiger partial charge in [0, 0.05) is 69.3 Å². The second-order valence-corrected chi connectivity index (χ2v) is 10.6. The van der Waals surface area contributed by atoms with Crippen molar-refractivity contribution in [3.05, 3.63) is 76.5 Å². The molecule has 3 aliphatic heterocycles. The molecule has 12 heteroatoms. The fourth-order valence-electron chi connectivity index (χ4n) is 5.87. The fraction of sp³-hybridized carbons (Fsp3) is 0.500. The van der Waals surface area contributed by atoms with E-state index in [-0.39, 0.29) is 55.2 Å². The molecule has 8 nitrogen and oxygen atoms in total. The van der Waals surface area contributed by atoms with Crippen molar-refractivity contribution in [1.82, 2.24) is 19.7 Å². The van der Waals surface area contributed by atoms with Gasteiger partial charge in [0.2, 0.25) is 5.91 Å². The van der Waals surface area contributed by atoms with Crippen LogP contribution in [0, 0.1) is 5.82 Å². The molecule has 5 rings (SSSR count). The summed E-state index contributed by atoms with van der Waals surface area (Å²) in [5.74, 6) is -0.519. The molecule has 1 N–H and O–H groups in total. The number of carbonyl (C=O) groups excluding carboxylic acids is 1. The molecule has 1 aromatic heterocycles. The average molecular weight is 564 g/mol. The second-order valence-electron chi connectivity index (χ2n) is 10.6. The number of alkyl halides is 3. The number of benzene rings is 1. The number of amides is 1. The number of aromatic nitrogens is 1. The number of halogens is 4. The van der Waals surface area contributed by atoms with Crippen LogP contribution in [0.15, 0.2) is 53.8 Å². The number of nitrogens with one attached hydrogen (secondary N) is 1. The predicted molar refractivity (Wildman–Crippen MR) is 141 cm³/mol. The Hall–Kier alpha value is -3.22. The van der Waals surface area contributed by atoms with E-state index in [4.69, 9.17) is 4.74 Å². The maximum atomic E-state index is 13.3. The first-order chi connectivity index (χ1) is 19.1. The summed E-state index contributed by atoms with van der Waals surface area (Å²) in [4.78, 5) is 31.5. The zero-order valence-electron chi connectivity index (χ0n) is 22.1. The Kier molecular flexibility index (Phi) is 8.29. The summed E-state index contributed by atoms with van der Waals surface area (Å²) in [7, 11) is 0. The van der Waals surface area contributed by atoms with E-state index < -0.39 is 17.3 Å². The highest BCUT2D eigenvalue weighted by atomic mass is 19.4. The number of likely N-dealkylation sites (tertiary alicyclic amines) is 1. The van der Waals surface area contributed by atoms with Gasteiger partial charge in [0.15, 0.2) is 0 Å². The van der Waals surface area contributed by atoms with E-state index in [0.29, 0.717) is 32.3 Å². The monoisotopic (exact) mass is 563 g/mol. The molecule has 1 aromatic carbocycles. The highest BCUT2D eigenvalue weighted by molar-refractivity contribution is 5.78. The van der Waals surface area contributed by atoms with Gasteiger partial charge in [0.05, 0.1) is 30.9 Å². The Balaban J connectivity index is 1.19. The highest BCUT2D eigenvalue weighted by Crippen LogP contribution is 2.30. The molecule has 0 saturated carbocycles. The molecular weight excluding hydrogens is 530 g/mol. The van der Waals surface area contributed by atoms with Crippen molar-refractivity contribution < 1.29 is 27.1 Å². The summed E-state index contributed by atoms with van der Waals surface area (Å²) in [6, 6.07) is 8.06. The van der Waals surface area contributed by atoms with Crippen LogP contribution in [0.2, 0.25) is 0 Å². The molecular formula is C28H33F4N5O3. The van der Waals surface area contributed by atoms with Crippen LogP contribution in [0.5, 0.6) is 0 Å². The Morgan fingerprint density at radius 1 is 1.10 bits per heavy atom. The maximum Gasteiger partial charge on any atom is 0.416 e. The van der Waals surface area contributed by atoms with Gasteiger partial charge in [-0.05, 0) is 36.8 Å². The van der Waals surface area contributed by atoms with Gasteiger partial charge in [-0.2, -0.15) is 13.2 Å². The van der Waals surface area contributed by atoms with Gasteiger partial charge < -0.3 is 19.5 Å². The van der Waals surface area contributed by atoms with Gasteiger partial charge in [-0.3, -0.25) is 19.4 Å². The Bertz CT molecular complexity index is 1280. The average Bonchev–Trinajstić information content (AvgIpc) is 3.54. The third kappa shape index (κ3) is 6.39. The Labute approximate surface area is 229 Å². The van der Waals surface area contributed by atoms with Gasteiger partial charge in [0.1, 0.15) is 5.82 Å². The van der Waals surface area contributed by atoms with Crippen molar-refractivity contribution in [2.24, 2.45) is 0 Å². The molecule has 40 heavy (non-hydrogen) atoms. The van der Waals surface area contributed by atoms with Crippen molar-refractivity contribution in [2.75, 3.05) is 50.8 Å². The smallest absolute Gasteiger partial charge is 0.371 e. The van der Waals surface area contributed by atoms with Gasteiger partial charge in [0.25, 0.3) is 5.56 Å². The quantitative estimate of drug-likeness (QED) is 0.393. The largest absolute Gasteiger partial charge is 0.416 e. The molecule has 0 spiro atoms. The van der Waals surface area contributed by atoms with Crippen LogP contribution in [-0.4, -0.2) is 84.3 Å². The van der Waals surface area contributed by atoms with E-state index in [2.05, 4.69) is 21.7 Å². The minimum atomic E-state index is -4.61. The lowest BCUT2D eigenvalue weighted by molar-refractivity contribution is -0.138. The van der Waals surface area contributed by atoms with Crippen molar-refractivity contribution in [3.63, 3.8) is 0 Å². The molecule has 3 aliphatic rings. The highest BCUT2D eigenvalue weighted by Gasteiger charge is 2.40. The molecule has 0 radical (unpaired) electrons. The van der Waals surface area contributed by atoms with Gasteiger partial charge in [-0.25, -0.2) is 4.39 Å². The SMILES string of the molecule is C=CCO[C@H]1CN(C2CCN(c3ccc(F)cc3)C2)CC1NC(=O)CN1CCn2c(cc(C(F)(F)F)cc2=O)C1. The van der Waals surface area contributed by atoms with Gasteiger partial charge >= 0.3 is 6.18 Å². The molecule has 2 fully saturated rings. The Morgan fingerprint density at radius 3 is 2.60 bits per heavy atom. The number of hydrogen-bond acceptors (Lipinski definition) is 6. The standard InChI is InChI=1S/C28H33F4N5O3/c1-2-11-40-25-17-36(22-7-8-35(15-22)21-5-3-20(29)4-6-21)16-24(25)33-26(38)18-34-9-10-37-23(14-34)12-19(13-27(37)39)28(30,31)32/h2-6,12-13,22,24-25H,1,7-11,14-18H2,(H,33,38)/t22?,24?,25-/m0/s1. The second kappa shape index (κ2) is 11.7. The summed E-state index contributed by atoms with van der Waals surface area (Å²) >= 11 is 0. The van der Waals surface area contributed by atoms with Crippen molar-refractivity contribution in [2.45, 2.75) is 43.9 Å². The number of hydrogen-bond donors (Lipinski definition) is 1. The van der Waals surface area contributed by atoms with Crippen molar-refractivity contribution in [3.8, 4) is 0 Å². The zero-order valence-corrected chi connectivity index (χ0v) is 22.1. The molecule has 0 aliphatic carbocycles. The lowest BCUT2D eigenvalue weighted by Crippen LogP contribution is -2.49. The zero-order chi connectivity index (χ0) is 28.4. The van der Waals surface area contributed by atoms with E-state index in [9.17, 15) is 27.2 Å². The first-order valence-electron chi connectivity index (χ1n) is 13.4. The van der Waals surface area contributed by atoms with E-state index in [0.717, 1.165) is 31.3 Å². The summed E-state index contributed by atoms with van der Waals surface area (Å²) in [5.41, 5.74) is -0.453. The molecule has 2 saturated heterocycles. The molecule has 4 heterocycles. The third-order valence-corrected chi connectivity index (χ3v) is 7.87. The number of fused-ring (bicyclic) bond motifs is 1. The van der Waals surface area contributed by atoms with E-state index in [1.165, 1.54) is 16.7 Å². The van der Waals surface area contributed by atoms with Crippen LogP contribution in [-0.2, 0) is 28.8 Å². The molecule has 216 valence electrons. The van der Waals surface area contributed by atoms with Crippen LogP contribution < -0.4 is 15.8 Å². The van der Waals surface area contributed by atoms with Gasteiger partial charge in [-0.15, -0.1) is 6.58 Å². The number of nitrogens with zero attached hydrogens (tertiary/aromatic N) is 4. The van der Waals surface area contributed by atoms with Crippen LogP contribution in [0.25, 0.3) is 0 Å². The van der Waals surface area contributed by atoms with Crippen LogP contribution >= 0.6 is 0 Å². The Morgan fingerprint density at radius 2 is 1.88 bits per heavy atom.